The second kappa shape index (κ2) is 21.4. The molecule has 204 valence electrons. The largest absolute Gasteiger partial charge is 0.480 e. The van der Waals surface area contributed by atoms with E-state index in [-0.39, 0.29) is 62.1 Å². The molecule has 0 fully saturated rings. The van der Waals surface area contributed by atoms with Crippen LogP contribution in [0, 0.1) is 5.92 Å². The average molecular weight is 505 g/mol. The highest BCUT2D eigenvalue weighted by molar-refractivity contribution is 5.81. The molecular weight excluding hydrogens is 460 g/mol. The molecule has 0 aliphatic rings. The van der Waals surface area contributed by atoms with E-state index in [9.17, 15) is 19.2 Å². The van der Waals surface area contributed by atoms with Gasteiger partial charge in [-0.2, -0.15) is 0 Å². The van der Waals surface area contributed by atoms with Crippen LogP contribution in [0.5, 0.6) is 0 Å². The molecule has 0 saturated carbocycles. The van der Waals surface area contributed by atoms with Crippen molar-refractivity contribution >= 4 is 23.4 Å². The van der Waals surface area contributed by atoms with Crippen molar-refractivity contribution < 1.29 is 43.2 Å². The van der Waals surface area contributed by atoms with E-state index >= 15 is 0 Å². The first kappa shape index (κ1) is 33.1. The summed E-state index contributed by atoms with van der Waals surface area (Å²) >= 11 is 0. The van der Waals surface area contributed by atoms with Gasteiger partial charge in [-0.1, -0.05) is 27.7 Å². The first-order chi connectivity index (χ1) is 16.6. The van der Waals surface area contributed by atoms with Crippen LogP contribution in [0.4, 0.5) is 0 Å². The van der Waals surface area contributed by atoms with E-state index in [2.05, 4.69) is 10.6 Å². The molecule has 35 heavy (non-hydrogen) atoms. The van der Waals surface area contributed by atoms with Crippen molar-refractivity contribution in [2.45, 2.75) is 65.5 Å². The highest BCUT2D eigenvalue weighted by Gasteiger charge is 2.19. The third kappa shape index (κ3) is 21.1. The number of amides is 1. The average Bonchev–Trinajstić information content (AvgIpc) is 2.79. The molecular formula is C24H44N2O9. The van der Waals surface area contributed by atoms with Crippen LogP contribution in [0.2, 0.25) is 0 Å². The minimum absolute atomic E-state index is 0.0102. The Morgan fingerprint density at radius 1 is 0.771 bits per heavy atom. The van der Waals surface area contributed by atoms with Crippen LogP contribution in [0.3, 0.4) is 0 Å². The summed E-state index contributed by atoms with van der Waals surface area (Å²) in [7, 11) is 0. The number of ketones is 2. The monoisotopic (exact) mass is 504 g/mol. The van der Waals surface area contributed by atoms with Gasteiger partial charge in [0, 0.05) is 38.0 Å². The van der Waals surface area contributed by atoms with Gasteiger partial charge in [-0.05, 0) is 12.8 Å². The minimum Gasteiger partial charge on any atom is -0.480 e. The molecule has 0 saturated heterocycles. The van der Waals surface area contributed by atoms with E-state index in [0.29, 0.717) is 52.4 Å². The number of hydrogen-bond acceptors (Lipinski definition) is 9. The van der Waals surface area contributed by atoms with Gasteiger partial charge in [-0.25, -0.2) is 0 Å². The van der Waals surface area contributed by atoms with Gasteiger partial charge in [0.05, 0.1) is 33.0 Å². The van der Waals surface area contributed by atoms with Gasteiger partial charge in [0.1, 0.15) is 25.0 Å². The number of aliphatic carboxylic acids is 1. The first-order valence-electron chi connectivity index (χ1n) is 12.2. The Bertz CT molecular complexity index is 612. The van der Waals surface area contributed by atoms with Crippen LogP contribution >= 0.6 is 0 Å². The van der Waals surface area contributed by atoms with E-state index in [1.807, 2.05) is 27.7 Å². The smallest absolute Gasteiger partial charge is 0.320 e. The molecule has 11 nitrogen and oxygen atoms in total. The van der Waals surface area contributed by atoms with Crippen molar-refractivity contribution in [1.82, 2.24) is 10.6 Å². The van der Waals surface area contributed by atoms with Crippen LogP contribution in [0.15, 0.2) is 0 Å². The number of Topliss-reactive ketones (excluding diaryl/α,β-unsaturated/α-hetero) is 2. The Labute approximate surface area is 208 Å². The van der Waals surface area contributed by atoms with Gasteiger partial charge in [0.2, 0.25) is 5.91 Å². The number of carbonyl (C=O) groups excluding carboxylic acids is 3. The Kier molecular flexibility index (Phi) is 20.2. The van der Waals surface area contributed by atoms with E-state index in [4.69, 9.17) is 24.1 Å². The van der Waals surface area contributed by atoms with E-state index < -0.39 is 12.0 Å². The first-order valence-corrected chi connectivity index (χ1v) is 12.2. The van der Waals surface area contributed by atoms with E-state index in [0.717, 1.165) is 0 Å². The summed E-state index contributed by atoms with van der Waals surface area (Å²) in [5, 5.41) is 14.7. The summed E-state index contributed by atoms with van der Waals surface area (Å²) in [4.78, 5) is 46.1. The summed E-state index contributed by atoms with van der Waals surface area (Å²) < 4.78 is 21.1. The molecule has 1 amide bonds. The molecule has 0 aliphatic carbocycles. The van der Waals surface area contributed by atoms with Crippen LogP contribution in [-0.2, 0) is 38.1 Å². The van der Waals surface area contributed by atoms with Gasteiger partial charge < -0.3 is 34.7 Å². The lowest BCUT2D eigenvalue weighted by atomic mass is 10.1. The molecule has 0 aromatic carbocycles. The van der Waals surface area contributed by atoms with Gasteiger partial charge in [0.25, 0.3) is 0 Å². The predicted molar refractivity (Wildman–Crippen MR) is 129 cm³/mol. The summed E-state index contributed by atoms with van der Waals surface area (Å²) in [6.07, 6.45) is 1.37. The number of ether oxygens (including phenoxy) is 4. The number of rotatable bonds is 24. The fraction of sp³-hybridized carbons (Fsp3) is 0.833. The predicted octanol–water partition coefficient (Wildman–Crippen LogP) is 0.975. The molecule has 0 rings (SSSR count). The summed E-state index contributed by atoms with van der Waals surface area (Å²) in [5.74, 6) is -1.19. The van der Waals surface area contributed by atoms with Crippen molar-refractivity contribution in [1.29, 1.82) is 0 Å². The molecule has 3 N–H and O–H groups in total. The van der Waals surface area contributed by atoms with Crippen molar-refractivity contribution in [3.05, 3.63) is 0 Å². The zero-order valence-corrected chi connectivity index (χ0v) is 21.6. The van der Waals surface area contributed by atoms with Gasteiger partial charge in [-0.3, -0.25) is 19.2 Å². The quantitative estimate of drug-likeness (QED) is 0.162. The molecule has 1 atom stereocenters. The maximum atomic E-state index is 11.9. The molecule has 0 radical (unpaired) electrons. The summed E-state index contributed by atoms with van der Waals surface area (Å²) in [6.45, 7) is 9.67. The second-order valence-corrected chi connectivity index (χ2v) is 8.69. The van der Waals surface area contributed by atoms with Crippen LogP contribution in [-0.4, -0.2) is 100 Å². The SMILES string of the molecule is CC(C)N[C@H](CCC(=O)CCCOCCOCC(=O)NCCOCCOCC(=O)C(C)C)C(=O)O. The molecule has 11 heteroatoms. The fourth-order valence-electron chi connectivity index (χ4n) is 2.74. The summed E-state index contributed by atoms with van der Waals surface area (Å²) in [6, 6.07) is -0.685. The zero-order valence-electron chi connectivity index (χ0n) is 21.6. The third-order valence-corrected chi connectivity index (χ3v) is 4.72. The number of hydrogen-bond donors (Lipinski definition) is 3. The van der Waals surface area contributed by atoms with Crippen molar-refractivity contribution in [3.63, 3.8) is 0 Å². The Balaban J connectivity index is 3.51. The van der Waals surface area contributed by atoms with Gasteiger partial charge >= 0.3 is 5.97 Å². The topological polar surface area (TPSA) is 149 Å². The molecule has 0 spiro atoms. The lowest BCUT2D eigenvalue weighted by Gasteiger charge is -2.16. The van der Waals surface area contributed by atoms with Crippen molar-refractivity contribution in [2.75, 3.05) is 59.4 Å². The van der Waals surface area contributed by atoms with Gasteiger partial charge in [-0.15, -0.1) is 0 Å². The maximum Gasteiger partial charge on any atom is 0.320 e. The second-order valence-electron chi connectivity index (χ2n) is 8.69. The minimum atomic E-state index is -0.950. The van der Waals surface area contributed by atoms with Crippen LogP contribution < -0.4 is 10.6 Å². The number of carboxylic acids is 1. The Morgan fingerprint density at radius 2 is 1.37 bits per heavy atom. The maximum absolute atomic E-state index is 11.9. The van der Waals surface area contributed by atoms with E-state index in [1.165, 1.54) is 0 Å². The molecule has 0 bridgehead atoms. The van der Waals surface area contributed by atoms with Crippen LogP contribution in [0.25, 0.3) is 0 Å². The number of carbonyl (C=O) groups is 4. The van der Waals surface area contributed by atoms with E-state index in [1.54, 1.807) is 0 Å². The fourth-order valence-corrected chi connectivity index (χ4v) is 2.74. The lowest BCUT2D eigenvalue weighted by molar-refractivity contribution is -0.140. The standard InChI is InChI=1S/C24H44N2O9/c1-18(2)22(28)16-34-14-13-33-11-9-25-23(29)17-35-15-12-32-10-5-6-20(27)7-8-21(24(30)31)26-19(3)4/h18-19,21,26H,5-17H2,1-4H3,(H,25,29)(H,30,31)/t21-/m1/s1. The zero-order chi connectivity index (χ0) is 26.5. The normalized spacial score (nSPS) is 12.2. The summed E-state index contributed by atoms with van der Waals surface area (Å²) in [5.41, 5.74) is 0. The highest BCUT2D eigenvalue weighted by Crippen LogP contribution is 2.04. The highest BCUT2D eigenvalue weighted by atomic mass is 16.5. The van der Waals surface area contributed by atoms with Crippen molar-refractivity contribution in [2.24, 2.45) is 5.92 Å². The lowest BCUT2D eigenvalue weighted by Crippen LogP contribution is -2.41. The van der Waals surface area contributed by atoms with Gasteiger partial charge in [0.15, 0.2) is 5.78 Å². The number of nitrogens with one attached hydrogen (secondary N) is 2. The Morgan fingerprint density at radius 3 is 1.97 bits per heavy atom. The molecule has 0 aromatic rings. The molecule has 0 aliphatic heterocycles. The number of carboxylic acid groups (broad SMARTS) is 1. The Hall–Kier alpha value is -1.92. The van der Waals surface area contributed by atoms with Crippen molar-refractivity contribution in [3.8, 4) is 0 Å². The van der Waals surface area contributed by atoms with Crippen LogP contribution in [0.1, 0.15) is 53.4 Å². The third-order valence-electron chi connectivity index (χ3n) is 4.72. The molecule has 0 aromatic heterocycles. The molecule has 0 unspecified atom stereocenters. The molecule has 0 heterocycles.